The zero-order valence-corrected chi connectivity index (χ0v) is 9.79. The fraction of sp³-hybridized carbons (Fsp3) is 0.538. The smallest absolute Gasteiger partial charge is 0.123 e. The molecule has 1 aromatic rings. The van der Waals surface area contributed by atoms with Gasteiger partial charge in [-0.25, -0.2) is 4.39 Å². The Balaban J connectivity index is 2.24. The summed E-state index contributed by atoms with van der Waals surface area (Å²) in [5.74, 6) is -0.227. The van der Waals surface area contributed by atoms with Gasteiger partial charge in [-0.15, -0.1) is 0 Å². The van der Waals surface area contributed by atoms with E-state index in [1.165, 1.54) is 12.1 Å². The molecule has 2 N–H and O–H groups in total. The highest BCUT2D eigenvalue weighted by atomic mass is 19.1. The lowest BCUT2D eigenvalue weighted by Crippen LogP contribution is -2.13. The summed E-state index contributed by atoms with van der Waals surface area (Å²) in [6.45, 7) is 3.60. The highest BCUT2D eigenvalue weighted by Gasteiger charge is 2.05. The summed E-state index contributed by atoms with van der Waals surface area (Å²) in [4.78, 5) is 0. The van der Waals surface area contributed by atoms with Gasteiger partial charge in [0.2, 0.25) is 0 Å². The van der Waals surface area contributed by atoms with Crippen molar-refractivity contribution in [2.24, 2.45) is 5.73 Å². The molecule has 0 amide bonds. The Kier molecular flexibility index (Phi) is 6.04. The van der Waals surface area contributed by atoms with Gasteiger partial charge in [0.05, 0.1) is 0 Å². The molecule has 0 spiro atoms. The Hall–Kier alpha value is -0.930. The van der Waals surface area contributed by atoms with Gasteiger partial charge in [0, 0.05) is 19.3 Å². The van der Waals surface area contributed by atoms with Crippen LogP contribution >= 0.6 is 0 Å². The molecular formula is C13H20FNO. The Morgan fingerprint density at radius 1 is 1.25 bits per heavy atom. The Morgan fingerprint density at radius 3 is 2.56 bits per heavy atom. The lowest BCUT2D eigenvalue weighted by molar-refractivity contribution is 0.124. The molecule has 90 valence electrons. The molecule has 0 radical (unpaired) electrons. The minimum absolute atomic E-state index is 0.0674. The maximum Gasteiger partial charge on any atom is 0.123 e. The van der Waals surface area contributed by atoms with Crippen LogP contribution in [0.1, 0.15) is 37.8 Å². The van der Waals surface area contributed by atoms with E-state index in [2.05, 4.69) is 6.92 Å². The molecule has 2 nitrogen and oxygen atoms in total. The van der Waals surface area contributed by atoms with Crippen molar-refractivity contribution in [2.75, 3.05) is 13.2 Å². The van der Waals surface area contributed by atoms with E-state index in [9.17, 15) is 4.39 Å². The molecule has 0 aromatic heterocycles. The number of nitrogens with two attached hydrogens (primary N) is 1. The van der Waals surface area contributed by atoms with Crippen LogP contribution in [0.2, 0.25) is 0 Å². The molecule has 1 rings (SSSR count). The lowest BCUT2D eigenvalue weighted by Gasteiger charge is -2.12. The third kappa shape index (κ3) is 4.73. The average molecular weight is 225 g/mol. The molecule has 1 atom stereocenters. The number of ether oxygens (including phenoxy) is 1. The first kappa shape index (κ1) is 13.1. The van der Waals surface area contributed by atoms with Crippen molar-refractivity contribution in [3.63, 3.8) is 0 Å². The lowest BCUT2D eigenvalue weighted by atomic mass is 10.1. The fourth-order valence-electron chi connectivity index (χ4n) is 1.44. The number of benzene rings is 1. The highest BCUT2D eigenvalue weighted by Crippen LogP contribution is 2.14. The summed E-state index contributed by atoms with van der Waals surface area (Å²) in [6, 6.07) is 6.26. The summed E-state index contributed by atoms with van der Waals surface area (Å²) < 4.78 is 18.1. The first-order chi connectivity index (χ1) is 7.74. The van der Waals surface area contributed by atoms with Crippen molar-refractivity contribution in [3.8, 4) is 0 Å². The second kappa shape index (κ2) is 7.36. The van der Waals surface area contributed by atoms with Crippen molar-refractivity contribution in [2.45, 2.75) is 32.2 Å². The fourth-order valence-corrected chi connectivity index (χ4v) is 1.44. The van der Waals surface area contributed by atoms with E-state index in [4.69, 9.17) is 10.5 Å². The van der Waals surface area contributed by atoms with E-state index in [0.29, 0.717) is 6.61 Å². The highest BCUT2D eigenvalue weighted by molar-refractivity contribution is 5.19. The third-order valence-corrected chi connectivity index (χ3v) is 2.51. The summed E-state index contributed by atoms with van der Waals surface area (Å²) in [5.41, 5.74) is 6.92. The molecule has 1 aromatic carbocycles. The summed E-state index contributed by atoms with van der Waals surface area (Å²) in [7, 11) is 0. The van der Waals surface area contributed by atoms with E-state index in [-0.39, 0.29) is 11.9 Å². The van der Waals surface area contributed by atoms with Crippen LogP contribution < -0.4 is 5.73 Å². The number of unbranched alkanes of at least 4 members (excludes halogenated alkanes) is 1. The molecule has 0 fully saturated rings. The first-order valence-corrected chi connectivity index (χ1v) is 5.83. The predicted octanol–water partition coefficient (Wildman–Crippen LogP) is 3.03. The number of halogens is 1. The Morgan fingerprint density at radius 2 is 1.94 bits per heavy atom. The van der Waals surface area contributed by atoms with Crippen LogP contribution in [0.25, 0.3) is 0 Å². The molecular weight excluding hydrogens is 205 g/mol. The topological polar surface area (TPSA) is 35.2 Å². The number of rotatable bonds is 7. The number of hydrogen-bond donors (Lipinski definition) is 1. The van der Waals surface area contributed by atoms with Gasteiger partial charge < -0.3 is 10.5 Å². The van der Waals surface area contributed by atoms with Crippen LogP contribution in [0, 0.1) is 5.82 Å². The molecule has 3 heteroatoms. The average Bonchev–Trinajstić information content (AvgIpc) is 2.29. The molecule has 0 bridgehead atoms. The van der Waals surface area contributed by atoms with Gasteiger partial charge in [0.1, 0.15) is 5.82 Å². The SMILES string of the molecule is CCCCOCCC(N)c1ccc(F)cc1. The molecule has 0 aliphatic rings. The van der Waals surface area contributed by atoms with Crippen LogP contribution in [0.5, 0.6) is 0 Å². The van der Waals surface area contributed by atoms with Gasteiger partial charge in [-0.3, -0.25) is 0 Å². The third-order valence-electron chi connectivity index (χ3n) is 2.51. The van der Waals surface area contributed by atoms with E-state index < -0.39 is 0 Å². The van der Waals surface area contributed by atoms with E-state index in [0.717, 1.165) is 31.4 Å². The maximum absolute atomic E-state index is 12.7. The van der Waals surface area contributed by atoms with Gasteiger partial charge in [-0.05, 0) is 30.5 Å². The first-order valence-electron chi connectivity index (χ1n) is 5.83. The summed E-state index contributed by atoms with van der Waals surface area (Å²) in [6.07, 6.45) is 3.01. The largest absolute Gasteiger partial charge is 0.381 e. The van der Waals surface area contributed by atoms with Crippen molar-refractivity contribution < 1.29 is 9.13 Å². The van der Waals surface area contributed by atoms with E-state index in [1.54, 1.807) is 12.1 Å². The van der Waals surface area contributed by atoms with Crippen LogP contribution in [0.15, 0.2) is 24.3 Å². The minimum atomic E-state index is -0.227. The van der Waals surface area contributed by atoms with Crippen molar-refractivity contribution in [3.05, 3.63) is 35.6 Å². The van der Waals surface area contributed by atoms with Crippen molar-refractivity contribution >= 4 is 0 Å². The molecule has 0 heterocycles. The van der Waals surface area contributed by atoms with E-state index >= 15 is 0 Å². The Labute approximate surface area is 96.6 Å². The maximum atomic E-state index is 12.7. The second-order valence-corrected chi connectivity index (χ2v) is 3.91. The number of hydrogen-bond acceptors (Lipinski definition) is 2. The molecule has 0 aliphatic heterocycles. The zero-order chi connectivity index (χ0) is 11.8. The molecule has 16 heavy (non-hydrogen) atoms. The van der Waals surface area contributed by atoms with Gasteiger partial charge in [-0.1, -0.05) is 25.5 Å². The van der Waals surface area contributed by atoms with Gasteiger partial charge >= 0.3 is 0 Å². The predicted molar refractivity (Wildman–Crippen MR) is 63.7 cm³/mol. The van der Waals surface area contributed by atoms with Crippen molar-refractivity contribution in [1.82, 2.24) is 0 Å². The van der Waals surface area contributed by atoms with Crippen LogP contribution in [0.4, 0.5) is 4.39 Å². The van der Waals surface area contributed by atoms with Gasteiger partial charge in [0.15, 0.2) is 0 Å². The normalized spacial score (nSPS) is 12.7. The Bertz CT molecular complexity index is 286. The van der Waals surface area contributed by atoms with E-state index in [1.807, 2.05) is 0 Å². The molecule has 0 saturated heterocycles. The minimum Gasteiger partial charge on any atom is -0.381 e. The summed E-state index contributed by atoms with van der Waals surface area (Å²) >= 11 is 0. The monoisotopic (exact) mass is 225 g/mol. The quantitative estimate of drug-likeness (QED) is 0.724. The molecule has 0 aliphatic carbocycles. The molecule has 0 saturated carbocycles. The van der Waals surface area contributed by atoms with Crippen LogP contribution in [-0.4, -0.2) is 13.2 Å². The van der Waals surface area contributed by atoms with Gasteiger partial charge in [-0.2, -0.15) is 0 Å². The van der Waals surface area contributed by atoms with Crippen LogP contribution in [-0.2, 0) is 4.74 Å². The van der Waals surface area contributed by atoms with Gasteiger partial charge in [0.25, 0.3) is 0 Å². The summed E-state index contributed by atoms with van der Waals surface area (Å²) in [5, 5.41) is 0. The van der Waals surface area contributed by atoms with Crippen LogP contribution in [0.3, 0.4) is 0 Å². The standard InChI is InChI=1S/C13H20FNO/c1-2-3-9-16-10-8-13(15)11-4-6-12(14)7-5-11/h4-7,13H,2-3,8-10,15H2,1H3. The zero-order valence-electron chi connectivity index (χ0n) is 9.79. The second-order valence-electron chi connectivity index (χ2n) is 3.91. The van der Waals surface area contributed by atoms with Crippen molar-refractivity contribution in [1.29, 1.82) is 0 Å². The molecule has 1 unspecified atom stereocenters.